The first-order valence-corrected chi connectivity index (χ1v) is 7.57. The van der Waals surface area contributed by atoms with Crippen LogP contribution in [0.25, 0.3) is 0 Å². The second kappa shape index (κ2) is 11.7. The first kappa shape index (κ1) is 23.2. The third kappa shape index (κ3) is 8.20. The van der Waals surface area contributed by atoms with Crippen molar-refractivity contribution >= 4 is 30.8 Å². The second-order valence-electron chi connectivity index (χ2n) is 5.66. The molecule has 0 radical (unpaired) electrons. The summed E-state index contributed by atoms with van der Waals surface area (Å²) >= 11 is 0. The molecule has 0 aliphatic carbocycles. The summed E-state index contributed by atoms with van der Waals surface area (Å²) in [5, 5.41) is 8.83. The minimum Gasteiger partial charge on any atom is -0.489 e. The minimum absolute atomic E-state index is 0. The predicted molar refractivity (Wildman–Crippen MR) is 103 cm³/mol. The molecule has 0 amide bonds. The second-order valence-corrected chi connectivity index (χ2v) is 5.66. The van der Waals surface area contributed by atoms with Crippen LogP contribution in [0.1, 0.15) is 18.1 Å². The molecule has 0 spiro atoms. The van der Waals surface area contributed by atoms with Crippen molar-refractivity contribution in [2.45, 2.75) is 26.0 Å². The Bertz CT molecular complexity index is 624. The number of halogens is 2. The lowest BCUT2D eigenvalue weighted by Gasteiger charge is -2.22. The van der Waals surface area contributed by atoms with E-state index in [9.17, 15) is 4.79 Å². The highest BCUT2D eigenvalue weighted by Gasteiger charge is 2.12. The van der Waals surface area contributed by atoms with Gasteiger partial charge in [-0.25, -0.2) is 0 Å². The quantitative estimate of drug-likeness (QED) is 0.752. The van der Waals surface area contributed by atoms with Gasteiger partial charge in [0.05, 0.1) is 6.54 Å². The van der Waals surface area contributed by atoms with Crippen LogP contribution in [0, 0.1) is 0 Å². The van der Waals surface area contributed by atoms with E-state index in [4.69, 9.17) is 9.84 Å². The number of ether oxygens (including phenoxy) is 1. The Morgan fingerprint density at radius 1 is 1.20 bits per heavy atom. The van der Waals surface area contributed by atoms with Crippen molar-refractivity contribution in [3.05, 3.63) is 59.9 Å². The number of rotatable bonds is 8. The number of pyridine rings is 1. The van der Waals surface area contributed by atoms with E-state index in [1.165, 1.54) is 0 Å². The molecule has 5 nitrogen and oxygen atoms in total. The molecular formula is C18H24Cl2N2O3. The van der Waals surface area contributed by atoms with Crippen LogP contribution in [0.5, 0.6) is 5.75 Å². The molecule has 2 aromatic rings. The molecule has 0 fully saturated rings. The van der Waals surface area contributed by atoms with Crippen LogP contribution in [0.4, 0.5) is 0 Å². The highest BCUT2D eigenvalue weighted by Crippen LogP contribution is 2.16. The van der Waals surface area contributed by atoms with Crippen LogP contribution in [0.3, 0.4) is 0 Å². The molecule has 0 saturated carbocycles. The molecule has 0 unspecified atom stereocenters. The smallest absolute Gasteiger partial charge is 0.317 e. The van der Waals surface area contributed by atoms with Gasteiger partial charge in [-0.3, -0.25) is 14.7 Å². The summed E-state index contributed by atoms with van der Waals surface area (Å²) < 4.78 is 5.72. The average Bonchev–Trinajstić information content (AvgIpc) is 2.54. The Morgan fingerprint density at radius 3 is 2.44 bits per heavy atom. The standard InChI is InChI=1S/C18H22N2O3.2ClH/c1-14(20(2)12-18(21)22)10-15-5-7-17(8-6-15)23-13-16-4-3-9-19-11-16;;/h3-9,11,14H,10,12-13H2,1-2H3,(H,21,22);2*1H/t14-;;/m1../s1. The van der Waals surface area contributed by atoms with Crippen molar-refractivity contribution in [3.8, 4) is 5.75 Å². The fourth-order valence-electron chi connectivity index (χ4n) is 2.24. The fourth-order valence-corrected chi connectivity index (χ4v) is 2.24. The predicted octanol–water partition coefficient (Wildman–Crippen LogP) is 3.45. The summed E-state index contributed by atoms with van der Waals surface area (Å²) in [4.78, 5) is 16.6. The topological polar surface area (TPSA) is 62.7 Å². The summed E-state index contributed by atoms with van der Waals surface area (Å²) in [6, 6.07) is 11.9. The third-order valence-corrected chi connectivity index (χ3v) is 3.72. The van der Waals surface area contributed by atoms with Gasteiger partial charge in [-0.15, -0.1) is 24.8 Å². The molecule has 0 bridgehead atoms. The van der Waals surface area contributed by atoms with Crippen molar-refractivity contribution < 1.29 is 14.6 Å². The molecule has 1 N–H and O–H groups in total. The van der Waals surface area contributed by atoms with Crippen molar-refractivity contribution in [1.82, 2.24) is 9.88 Å². The Labute approximate surface area is 160 Å². The Balaban J connectivity index is 0.00000288. The van der Waals surface area contributed by atoms with E-state index >= 15 is 0 Å². The molecule has 25 heavy (non-hydrogen) atoms. The van der Waals surface area contributed by atoms with E-state index in [2.05, 4.69) is 4.98 Å². The highest BCUT2D eigenvalue weighted by molar-refractivity contribution is 5.85. The number of aromatic nitrogens is 1. The molecule has 0 saturated heterocycles. The maximum atomic E-state index is 10.7. The lowest BCUT2D eigenvalue weighted by atomic mass is 10.1. The van der Waals surface area contributed by atoms with Crippen molar-refractivity contribution in [1.29, 1.82) is 0 Å². The van der Waals surface area contributed by atoms with Gasteiger partial charge < -0.3 is 9.84 Å². The maximum absolute atomic E-state index is 10.7. The van der Waals surface area contributed by atoms with E-state index in [-0.39, 0.29) is 37.4 Å². The normalized spacial score (nSPS) is 11.2. The van der Waals surface area contributed by atoms with E-state index < -0.39 is 5.97 Å². The molecule has 1 heterocycles. The van der Waals surface area contributed by atoms with Gasteiger partial charge in [0.2, 0.25) is 0 Å². The van der Waals surface area contributed by atoms with Crippen LogP contribution in [0.15, 0.2) is 48.8 Å². The zero-order valence-corrected chi connectivity index (χ0v) is 15.9. The molecule has 2 rings (SSSR count). The molecule has 1 aromatic heterocycles. The van der Waals surface area contributed by atoms with E-state index in [0.29, 0.717) is 6.61 Å². The lowest BCUT2D eigenvalue weighted by Crippen LogP contribution is -2.35. The van der Waals surface area contributed by atoms with E-state index in [0.717, 1.165) is 23.3 Å². The van der Waals surface area contributed by atoms with Gasteiger partial charge in [0, 0.05) is 24.0 Å². The fraction of sp³-hybridized carbons (Fsp3) is 0.333. The summed E-state index contributed by atoms with van der Waals surface area (Å²) in [6.45, 7) is 2.56. The first-order valence-electron chi connectivity index (χ1n) is 7.57. The third-order valence-electron chi connectivity index (χ3n) is 3.72. The molecule has 1 aromatic carbocycles. The van der Waals surface area contributed by atoms with Gasteiger partial charge in [-0.1, -0.05) is 18.2 Å². The Morgan fingerprint density at radius 2 is 1.88 bits per heavy atom. The van der Waals surface area contributed by atoms with Crippen LogP contribution >= 0.6 is 24.8 Å². The van der Waals surface area contributed by atoms with Crippen LogP contribution < -0.4 is 4.74 Å². The number of hydrogen-bond donors (Lipinski definition) is 1. The minimum atomic E-state index is -0.807. The summed E-state index contributed by atoms with van der Waals surface area (Å²) in [5.74, 6) is 0.00245. The largest absolute Gasteiger partial charge is 0.489 e. The Kier molecular flexibility index (Phi) is 10.8. The molecule has 0 aliphatic rings. The molecular weight excluding hydrogens is 363 g/mol. The number of likely N-dealkylation sites (N-methyl/N-ethyl adjacent to an activating group) is 1. The molecule has 138 valence electrons. The van der Waals surface area contributed by atoms with Gasteiger partial charge in [-0.05, 0) is 44.2 Å². The van der Waals surface area contributed by atoms with E-state index in [1.54, 1.807) is 12.4 Å². The van der Waals surface area contributed by atoms with E-state index in [1.807, 2.05) is 55.3 Å². The van der Waals surface area contributed by atoms with Crippen LogP contribution in [-0.2, 0) is 17.8 Å². The SMILES string of the molecule is C[C@H](Cc1ccc(OCc2cccnc2)cc1)N(C)CC(=O)O.Cl.Cl. The average molecular weight is 387 g/mol. The number of carboxylic acids is 1. The molecule has 7 heteroatoms. The number of hydrogen-bond acceptors (Lipinski definition) is 4. The number of nitrogens with zero attached hydrogens (tertiary/aromatic N) is 2. The number of carboxylic acid groups (broad SMARTS) is 1. The van der Waals surface area contributed by atoms with Crippen molar-refractivity contribution in [2.75, 3.05) is 13.6 Å². The molecule has 1 atom stereocenters. The van der Waals surface area contributed by atoms with Gasteiger partial charge in [0.1, 0.15) is 12.4 Å². The summed E-state index contributed by atoms with van der Waals surface area (Å²) in [5.41, 5.74) is 2.18. The highest BCUT2D eigenvalue weighted by atomic mass is 35.5. The van der Waals surface area contributed by atoms with Crippen molar-refractivity contribution in [2.24, 2.45) is 0 Å². The maximum Gasteiger partial charge on any atom is 0.317 e. The first-order chi connectivity index (χ1) is 11.0. The number of benzene rings is 1. The summed E-state index contributed by atoms with van der Waals surface area (Å²) in [7, 11) is 1.82. The van der Waals surface area contributed by atoms with Crippen LogP contribution in [0.2, 0.25) is 0 Å². The Hall–Kier alpha value is -1.82. The molecule has 0 aliphatic heterocycles. The van der Waals surface area contributed by atoms with Gasteiger partial charge in [-0.2, -0.15) is 0 Å². The number of carbonyl (C=O) groups is 1. The lowest BCUT2D eigenvalue weighted by molar-refractivity contribution is -0.138. The van der Waals surface area contributed by atoms with Gasteiger partial charge in [0.25, 0.3) is 0 Å². The van der Waals surface area contributed by atoms with Gasteiger partial charge in [0.15, 0.2) is 0 Å². The monoisotopic (exact) mass is 386 g/mol. The van der Waals surface area contributed by atoms with Gasteiger partial charge >= 0.3 is 5.97 Å². The zero-order valence-electron chi connectivity index (χ0n) is 14.3. The van der Waals surface area contributed by atoms with Crippen molar-refractivity contribution in [3.63, 3.8) is 0 Å². The summed E-state index contributed by atoms with van der Waals surface area (Å²) in [6.07, 6.45) is 4.32. The van der Waals surface area contributed by atoms with Crippen LogP contribution in [-0.4, -0.2) is 40.6 Å². The zero-order chi connectivity index (χ0) is 16.7. The number of aliphatic carboxylic acids is 1.